The van der Waals surface area contributed by atoms with Gasteiger partial charge in [0.1, 0.15) is 11.4 Å². The van der Waals surface area contributed by atoms with Crippen LogP contribution in [0.25, 0.3) is 21.9 Å². The fraction of sp³-hybridized carbons (Fsp3) is 0.240. The molecule has 1 saturated heterocycles. The van der Waals surface area contributed by atoms with Crippen LogP contribution < -0.4 is 4.74 Å². The molecular formula is C25H19F4NO3. The van der Waals surface area contributed by atoms with Gasteiger partial charge in [-0.3, -0.25) is 4.79 Å². The maximum Gasteiger partial charge on any atom is 0.419 e. The van der Waals surface area contributed by atoms with Crippen LogP contribution in [0.4, 0.5) is 17.6 Å². The zero-order valence-corrected chi connectivity index (χ0v) is 17.6. The molecule has 1 unspecified atom stereocenters. The van der Waals surface area contributed by atoms with Crippen LogP contribution in [0, 0.1) is 5.82 Å². The van der Waals surface area contributed by atoms with Crippen molar-refractivity contribution in [1.82, 2.24) is 4.90 Å². The standard InChI is InChI=1S/C25H19F4NO3/c1-32-20-10-9-16(22-17-6-2-3-8-19(17)33-24(20)22)15-11-21(31)30(13-15)12-14-5-4-7-18(23(14)26)25(27,28)29/h2-10,15H,11-13H2,1H3. The van der Waals surface area contributed by atoms with E-state index in [2.05, 4.69) is 0 Å². The summed E-state index contributed by atoms with van der Waals surface area (Å²) in [5, 5.41) is 1.73. The van der Waals surface area contributed by atoms with Gasteiger partial charge in [0.05, 0.1) is 12.7 Å². The minimum atomic E-state index is -4.80. The van der Waals surface area contributed by atoms with Gasteiger partial charge in [-0.2, -0.15) is 13.2 Å². The maximum atomic E-state index is 14.5. The Morgan fingerprint density at radius 1 is 1.09 bits per heavy atom. The highest BCUT2D eigenvalue weighted by atomic mass is 19.4. The molecule has 4 aromatic rings. The van der Waals surface area contributed by atoms with E-state index < -0.39 is 17.6 Å². The molecule has 1 amide bonds. The highest BCUT2D eigenvalue weighted by molar-refractivity contribution is 6.09. The van der Waals surface area contributed by atoms with Gasteiger partial charge in [0.25, 0.3) is 0 Å². The summed E-state index contributed by atoms with van der Waals surface area (Å²) in [6, 6.07) is 14.3. The molecule has 5 rings (SSSR count). The average molecular weight is 457 g/mol. The predicted octanol–water partition coefficient (Wildman–Crippen LogP) is 6.27. The summed E-state index contributed by atoms with van der Waals surface area (Å²) in [6.45, 7) is 0.0337. The lowest BCUT2D eigenvalue weighted by molar-refractivity contribution is -0.140. The minimum absolute atomic E-state index is 0.160. The second-order valence-corrected chi connectivity index (χ2v) is 8.11. The lowest BCUT2D eigenvalue weighted by atomic mass is 9.93. The van der Waals surface area contributed by atoms with Crippen molar-refractivity contribution in [2.24, 2.45) is 0 Å². The fourth-order valence-corrected chi connectivity index (χ4v) is 4.59. The molecule has 33 heavy (non-hydrogen) atoms. The summed E-state index contributed by atoms with van der Waals surface area (Å²) in [4.78, 5) is 14.2. The number of halogens is 4. The molecule has 0 N–H and O–H groups in total. The van der Waals surface area contributed by atoms with Crippen molar-refractivity contribution in [3.8, 4) is 5.75 Å². The number of alkyl halides is 3. The SMILES string of the molecule is COc1ccc(C2CC(=O)N(Cc3cccc(C(F)(F)F)c3F)C2)c2c1oc1ccccc12. The molecule has 0 saturated carbocycles. The Balaban J connectivity index is 1.50. The molecule has 1 fully saturated rings. The molecule has 1 atom stereocenters. The number of hydrogen-bond acceptors (Lipinski definition) is 3. The molecule has 0 aliphatic carbocycles. The first-order valence-electron chi connectivity index (χ1n) is 10.4. The van der Waals surface area contributed by atoms with Crippen LogP contribution in [-0.4, -0.2) is 24.5 Å². The van der Waals surface area contributed by atoms with Gasteiger partial charge in [0.15, 0.2) is 11.3 Å². The number of para-hydroxylation sites is 1. The first-order chi connectivity index (χ1) is 15.8. The molecule has 170 valence electrons. The zero-order valence-electron chi connectivity index (χ0n) is 17.6. The van der Waals surface area contributed by atoms with Crippen molar-refractivity contribution in [3.05, 3.63) is 77.1 Å². The Kier molecular flexibility index (Phi) is 5.03. The third-order valence-corrected chi connectivity index (χ3v) is 6.14. The number of nitrogens with zero attached hydrogens (tertiary/aromatic N) is 1. The van der Waals surface area contributed by atoms with Crippen LogP contribution in [0.1, 0.15) is 29.0 Å². The summed E-state index contributed by atoms with van der Waals surface area (Å²) in [5.41, 5.74) is 0.657. The van der Waals surface area contributed by atoms with Gasteiger partial charge < -0.3 is 14.1 Å². The first-order valence-corrected chi connectivity index (χ1v) is 10.4. The van der Waals surface area contributed by atoms with Crippen LogP contribution in [0.2, 0.25) is 0 Å². The third-order valence-electron chi connectivity index (χ3n) is 6.14. The molecular weight excluding hydrogens is 438 g/mol. The summed E-state index contributed by atoms with van der Waals surface area (Å²) in [7, 11) is 1.55. The number of methoxy groups -OCH3 is 1. The number of fused-ring (bicyclic) bond motifs is 3. The Bertz CT molecular complexity index is 1380. The fourth-order valence-electron chi connectivity index (χ4n) is 4.59. The summed E-state index contributed by atoms with van der Waals surface area (Å²) >= 11 is 0. The molecule has 3 aromatic carbocycles. The highest BCUT2D eigenvalue weighted by Gasteiger charge is 2.37. The van der Waals surface area contributed by atoms with Gasteiger partial charge in [0.2, 0.25) is 5.91 Å². The molecule has 4 nitrogen and oxygen atoms in total. The monoisotopic (exact) mass is 457 g/mol. The summed E-state index contributed by atoms with van der Waals surface area (Å²) < 4.78 is 65.2. The van der Waals surface area contributed by atoms with E-state index in [4.69, 9.17) is 9.15 Å². The van der Waals surface area contributed by atoms with Crippen molar-refractivity contribution in [2.75, 3.05) is 13.7 Å². The lowest BCUT2D eigenvalue weighted by Gasteiger charge is -2.19. The van der Waals surface area contributed by atoms with Gasteiger partial charge in [-0.1, -0.05) is 36.4 Å². The van der Waals surface area contributed by atoms with Crippen molar-refractivity contribution in [2.45, 2.75) is 25.1 Å². The van der Waals surface area contributed by atoms with Gasteiger partial charge in [-0.15, -0.1) is 0 Å². The Labute approximate surface area is 186 Å². The van der Waals surface area contributed by atoms with E-state index in [1.165, 1.54) is 11.0 Å². The zero-order chi connectivity index (χ0) is 23.3. The minimum Gasteiger partial charge on any atom is -0.493 e. The van der Waals surface area contributed by atoms with E-state index in [1.54, 1.807) is 13.2 Å². The van der Waals surface area contributed by atoms with Crippen LogP contribution in [0.15, 0.2) is 59.0 Å². The molecule has 8 heteroatoms. The quantitative estimate of drug-likeness (QED) is 0.339. The summed E-state index contributed by atoms with van der Waals surface area (Å²) in [6.07, 6.45) is -4.63. The smallest absolute Gasteiger partial charge is 0.419 e. The van der Waals surface area contributed by atoms with Crippen LogP contribution >= 0.6 is 0 Å². The van der Waals surface area contributed by atoms with E-state index in [9.17, 15) is 22.4 Å². The molecule has 1 aliphatic rings. The second-order valence-electron chi connectivity index (χ2n) is 8.11. The number of ether oxygens (including phenoxy) is 1. The largest absolute Gasteiger partial charge is 0.493 e. The van der Waals surface area contributed by atoms with Crippen LogP contribution in [0.3, 0.4) is 0 Å². The predicted molar refractivity (Wildman–Crippen MR) is 114 cm³/mol. The van der Waals surface area contributed by atoms with Gasteiger partial charge in [-0.25, -0.2) is 4.39 Å². The molecule has 0 bridgehead atoms. The van der Waals surface area contributed by atoms with Gasteiger partial charge >= 0.3 is 6.18 Å². The Morgan fingerprint density at radius 3 is 2.64 bits per heavy atom. The number of hydrogen-bond donors (Lipinski definition) is 0. The number of carbonyl (C=O) groups excluding carboxylic acids is 1. The van der Waals surface area contributed by atoms with Gasteiger partial charge in [0, 0.05) is 41.8 Å². The lowest BCUT2D eigenvalue weighted by Crippen LogP contribution is -2.25. The number of likely N-dealkylation sites (tertiary alicyclic amines) is 1. The van der Waals surface area contributed by atoms with E-state index in [-0.39, 0.29) is 36.9 Å². The first kappa shape index (κ1) is 21.3. The molecule has 0 radical (unpaired) electrons. The number of amides is 1. The van der Waals surface area contributed by atoms with E-state index in [1.807, 2.05) is 30.3 Å². The van der Waals surface area contributed by atoms with Gasteiger partial charge in [-0.05, 0) is 23.8 Å². The highest BCUT2D eigenvalue weighted by Crippen LogP contribution is 2.42. The van der Waals surface area contributed by atoms with E-state index >= 15 is 0 Å². The van der Waals surface area contributed by atoms with E-state index in [0.717, 1.165) is 22.4 Å². The number of benzene rings is 3. The Morgan fingerprint density at radius 2 is 1.88 bits per heavy atom. The van der Waals surface area contributed by atoms with E-state index in [0.29, 0.717) is 23.0 Å². The topological polar surface area (TPSA) is 42.7 Å². The molecule has 0 spiro atoms. The molecule has 1 aromatic heterocycles. The Hall–Kier alpha value is -3.55. The van der Waals surface area contributed by atoms with Crippen LogP contribution in [-0.2, 0) is 17.5 Å². The summed E-state index contributed by atoms with van der Waals surface area (Å²) in [5.74, 6) is -1.24. The number of carbonyl (C=O) groups is 1. The average Bonchev–Trinajstić information content (AvgIpc) is 3.34. The number of rotatable bonds is 4. The van der Waals surface area contributed by atoms with Crippen molar-refractivity contribution >= 4 is 27.8 Å². The molecule has 1 aliphatic heterocycles. The third kappa shape index (κ3) is 3.59. The van der Waals surface area contributed by atoms with Crippen molar-refractivity contribution < 1.29 is 31.5 Å². The maximum absolute atomic E-state index is 14.5. The second kappa shape index (κ2) is 7.79. The van der Waals surface area contributed by atoms with Crippen molar-refractivity contribution in [3.63, 3.8) is 0 Å². The van der Waals surface area contributed by atoms with Crippen LogP contribution in [0.5, 0.6) is 5.75 Å². The normalized spacial score (nSPS) is 16.8. The molecule has 2 heterocycles. The van der Waals surface area contributed by atoms with Crippen molar-refractivity contribution in [1.29, 1.82) is 0 Å². The number of furan rings is 1.